The highest BCUT2D eigenvalue weighted by Crippen LogP contribution is 2.50. The Kier molecular flexibility index (Phi) is 4.00. The molecule has 2 aromatic rings. The SMILES string of the molecule is CCc1cc([C@@H]2C[C@]3(C[C@H](C)N2)OCCc2cc(Cl)sc23)on1. The van der Waals surface area contributed by atoms with Crippen LogP contribution in [0.5, 0.6) is 0 Å². The van der Waals surface area contributed by atoms with E-state index in [0.29, 0.717) is 6.04 Å². The van der Waals surface area contributed by atoms with Gasteiger partial charge in [-0.05, 0) is 37.8 Å². The molecule has 3 atom stereocenters. The number of aromatic nitrogens is 1. The van der Waals surface area contributed by atoms with Gasteiger partial charge in [0, 0.05) is 23.4 Å². The fourth-order valence-electron chi connectivity index (χ4n) is 3.90. The third kappa shape index (κ3) is 2.74. The Morgan fingerprint density at radius 3 is 3.09 bits per heavy atom. The van der Waals surface area contributed by atoms with Crippen molar-refractivity contribution in [2.24, 2.45) is 0 Å². The summed E-state index contributed by atoms with van der Waals surface area (Å²) in [7, 11) is 0. The Labute approximate surface area is 145 Å². The maximum atomic E-state index is 6.35. The first-order valence-electron chi connectivity index (χ1n) is 8.24. The lowest BCUT2D eigenvalue weighted by Crippen LogP contribution is -2.49. The third-order valence-electron chi connectivity index (χ3n) is 4.88. The van der Waals surface area contributed by atoms with Gasteiger partial charge in [0.2, 0.25) is 0 Å². The van der Waals surface area contributed by atoms with Gasteiger partial charge in [0.1, 0.15) is 5.60 Å². The Morgan fingerprint density at radius 2 is 2.30 bits per heavy atom. The maximum Gasteiger partial charge on any atom is 0.154 e. The molecule has 2 aliphatic heterocycles. The van der Waals surface area contributed by atoms with Crippen molar-refractivity contribution in [1.82, 2.24) is 10.5 Å². The Morgan fingerprint density at radius 1 is 1.43 bits per heavy atom. The molecular formula is C17H21ClN2O2S. The van der Waals surface area contributed by atoms with E-state index in [4.69, 9.17) is 20.9 Å². The summed E-state index contributed by atoms with van der Waals surface area (Å²) in [5.74, 6) is 0.908. The van der Waals surface area contributed by atoms with Crippen LogP contribution in [0.3, 0.4) is 0 Å². The number of nitrogens with zero attached hydrogens (tertiary/aromatic N) is 1. The van der Waals surface area contributed by atoms with Crippen LogP contribution < -0.4 is 5.32 Å². The number of aryl methyl sites for hydroxylation is 1. The van der Waals surface area contributed by atoms with Crippen LogP contribution in [-0.2, 0) is 23.2 Å². The summed E-state index contributed by atoms with van der Waals surface area (Å²) in [5, 5.41) is 7.78. The standard InChI is InChI=1S/C17H21ClN2O2S/c1-3-12-7-14(22-20-12)13-9-17(8-10(2)19-13)16-11(4-5-21-17)6-15(18)23-16/h6-7,10,13,19H,3-5,8-9H2,1-2H3/t10-,13-,17-/m0/s1. The van der Waals surface area contributed by atoms with Crippen molar-refractivity contribution in [3.8, 4) is 0 Å². The van der Waals surface area contributed by atoms with Crippen LogP contribution in [0.1, 0.15) is 54.6 Å². The summed E-state index contributed by atoms with van der Waals surface area (Å²) in [6, 6.07) is 4.64. The van der Waals surface area contributed by atoms with E-state index in [2.05, 4.69) is 36.5 Å². The molecule has 1 fully saturated rings. The van der Waals surface area contributed by atoms with Gasteiger partial charge in [-0.2, -0.15) is 0 Å². The van der Waals surface area contributed by atoms with Crippen LogP contribution in [0.15, 0.2) is 16.7 Å². The highest BCUT2D eigenvalue weighted by atomic mass is 35.5. The molecule has 1 N–H and O–H groups in total. The molecule has 1 spiro atoms. The molecule has 0 amide bonds. The topological polar surface area (TPSA) is 47.3 Å². The van der Waals surface area contributed by atoms with Crippen LogP contribution in [0.2, 0.25) is 4.34 Å². The maximum absolute atomic E-state index is 6.35. The largest absolute Gasteiger partial charge is 0.369 e. The molecular weight excluding hydrogens is 332 g/mol. The van der Waals surface area contributed by atoms with Crippen molar-refractivity contribution < 1.29 is 9.26 Å². The predicted octanol–water partition coefficient (Wildman–Crippen LogP) is 4.23. The smallest absolute Gasteiger partial charge is 0.154 e. The summed E-state index contributed by atoms with van der Waals surface area (Å²) in [5.41, 5.74) is 2.10. The van der Waals surface area contributed by atoms with E-state index >= 15 is 0 Å². The molecule has 2 aliphatic rings. The van der Waals surface area contributed by atoms with Gasteiger partial charge in [-0.1, -0.05) is 23.7 Å². The van der Waals surface area contributed by atoms with E-state index in [0.717, 1.165) is 48.1 Å². The minimum Gasteiger partial charge on any atom is -0.369 e. The van der Waals surface area contributed by atoms with E-state index in [1.54, 1.807) is 11.3 Å². The number of hydrogen-bond acceptors (Lipinski definition) is 5. The zero-order chi connectivity index (χ0) is 16.0. The van der Waals surface area contributed by atoms with Gasteiger partial charge in [-0.25, -0.2) is 0 Å². The average molecular weight is 353 g/mol. The monoisotopic (exact) mass is 352 g/mol. The molecule has 0 saturated carbocycles. The lowest BCUT2D eigenvalue weighted by atomic mass is 9.79. The number of fused-ring (bicyclic) bond motifs is 2. The van der Waals surface area contributed by atoms with Crippen molar-refractivity contribution in [2.75, 3.05) is 6.61 Å². The first kappa shape index (κ1) is 15.6. The van der Waals surface area contributed by atoms with Crippen LogP contribution >= 0.6 is 22.9 Å². The molecule has 4 rings (SSSR count). The second-order valence-corrected chi connectivity index (χ2v) is 8.28. The third-order valence-corrected chi connectivity index (χ3v) is 6.37. The molecule has 2 aromatic heterocycles. The average Bonchev–Trinajstić information content (AvgIpc) is 3.13. The zero-order valence-corrected chi connectivity index (χ0v) is 15.0. The number of halogens is 1. The van der Waals surface area contributed by atoms with Gasteiger partial charge in [0.05, 0.1) is 22.7 Å². The number of ether oxygens (including phenoxy) is 1. The Bertz CT molecular complexity index is 713. The van der Waals surface area contributed by atoms with E-state index in [-0.39, 0.29) is 11.6 Å². The normalized spacial score (nSPS) is 30.6. The van der Waals surface area contributed by atoms with Crippen molar-refractivity contribution in [2.45, 2.75) is 57.2 Å². The van der Waals surface area contributed by atoms with E-state index in [9.17, 15) is 0 Å². The van der Waals surface area contributed by atoms with Gasteiger partial charge in [-0.15, -0.1) is 11.3 Å². The molecule has 124 valence electrons. The minimum atomic E-state index is -0.250. The molecule has 0 unspecified atom stereocenters. The number of piperidine rings is 1. The molecule has 6 heteroatoms. The van der Waals surface area contributed by atoms with Crippen LogP contribution in [-0.4, -0.2) is 17.8 Å². The van der Waals surface area contributed by atoms with Gasteiger partial charge < -0.3 is 14.6 Å². The summed E-state index contributed by atoms with van der Waals surface area (Å²) in [4.78, 5) is 1.31. The van der Waals surface area contributed by atoms with Crippen molar-refractivity contribution in [3.05, 3.63) is 38.4 Å². The molecule has 1 saturated heterocycles. The number of rotatable bonds is 2. The van der Waals surface area contributed by atoms with Gasteiger partial charge in [0.15, 0.2) is 5.76 Å². The van der Waals surface area contributed by atoms with Crippen molar-refractivity contribution >= 4 is 22.9 Å². The van der Waals surface area contributed by atoms with E-state index < -0.39 is 0 Å². The molecule has 4 heterocycles. The van der Waals surface area contributed by atoms with Crippen LogP contribution in [0.4, 0.5) is 0 Å². The Hall–Kier alpha value is -0.880. The van der Waals surface area contributed by atoms with E-state index in [1.165, 1.54) is 10.4 Å². The predicted molar refractivity (Wildman–Crippen MR) is 91.1 cm³/mol. The lowest BCUT2D eigenvalue weighted by molar-refractivity contribution is -0.0973. The Balaban J connectivity index is 1.69. The first-order chi connectivity index (χ1) is 11.1. The summed E-state index contributed by atoms with van der Waals surface area (Å²) in [6.45, 7) is 5.05. The fourth-order valence-corrected chi connectivity index (χ4v) is 5.37. The van der Waals surface area contributed by atoms with Crippen molar-refractivity contribution in [1.29, 1.82) is 0 Å². The molecule has 23 heavy (non-hydrogen) atoms. The molecule has 0 bridgehead atoms. The second-order valence-electron chi connectivity index (χ2n) is 6.60. The van der Waals surface area contributed by atoms with Crippen molar-refractivity contribution in [3.63, 3.8) is 0 Å². The summed E-state index contributed by atoms with van der Waals surface area (Å²) >= 11 is 7.95. The summed E-state index contributed by atoms with van der Waals surface area (Å²) < 4.78 is 12.8. The quantitative estimate of drug-likeness (QED) is 0.878. The molecule has 0 radical (unpaired) electrons. The van der Waals surface area contributed by atoms with Crippen LogP contribution in [0.25, 0.3) is 0 Å². The highest BCUT2D eigenvalue weighted by Gasteiger charge is 2.46. The first-order valence-corrected chi connectivity index (χ1v) is 9.43. The highest BCUT2D eigenvalue weighted by molar-refractivity contribution is 7.16. The second kappa shape index (κ2) is 5.88. The molecule has 0 aromatic carbocycles. The number of thiophene rings is 1. The van der Waals surface area contributed by atoms with Crippen LogP contribution in [0, 0.1) is 0 Å². The molecule has 0 aliphatic carbocycles. The van der Waals surface area contributed by atoms with E-state index in [1.807, 2.05) is 0 Å². The zero-order valence-electron chi connectivity index (χ0n) is 13.4. The van der Waals surface area contributed by atoms with Gasteiger partial charge >= 0.3 is 0 Å². The lowest BCUT2D eigenvalue weighted by Gasteiger charge is -2.45. The van der Waals surface area contributed by atoms with Gasteiger partial charge in [0.25, 0.3) is 0 Å². The molecule has 4 nitrogen and oxygen atoms in total. The number of hydrogen-bond donors (Lipinski definition) is 1. The van der Waals surface area contributed by atoms with Gasteiger partial charge in [-0.3, -0.25) is 0 Å². The fraction of sp³-hybridized carbons (Fsp3) is 0.588. The summed E-state index contributed by atoms with van der Waals surface area (Å²) in [6.07, 6.45) is 3.66. The minimum absolute atomic E-state index is 0.123. The number of nitrogens with one attached hydrogen (secondary N) is 1.